The van der Waals surface area contributed by atoms with Gasteiger partial charge in [0.15, 0.2) is 0 Å². The van der Waals surface area contributed by atoms with Crippen molar-refractivity contribution in [2.75, 3.05) is 0 Å². The van der Waals surface area contributed by atoms with Gasteiger partial charge in [-0.15, -0.1) is 6.58 Å². The molecule has 0 aromatic heterocycles. The molecule has 1 aliphatic carbocycles. The molecule has 1 atom stereocenters. The lowest BCUT2D eigenvalue weighted by atomic mass is 9.75. The zero-order chi connectivity index (χ0) is 15.2. The van der Waals surface area contributed by atoms with E-state index in [1.54, 1.807) is 12.1 Å². The molecule has 3 rings (SSSR count). The van der Waals surface area contributed by atoms with Crippen LogP contribution in [0.5, 0.6) is 0 Å². The van der Waals surface area contributed by atoms with E-state index in [1.807, 2.05) is 32.1 Å². The van der Waals surface area contributed by atoms with E-state index in [2.05, 4.69) is 6.58 Å². The van der Waals surface area contributed by atoms with Crippen LogP contribution in [0, 0.1) is 5.92 Å². The third kappa shape index (κ3) is 2.04. The maximum absolute atomic E-state index is 12.4. The first-order valence-electron chi connectivity index (χ1n) is 7.17. The Balaban J connectivity index is 2.15. The Bertz CT molecular complexity index is 679. The zero-order valence-electron chi connectivity index (χ0n) is 12.3. The third-order valence-corrected chi connectivity index (χ3v) is 4.42. The van der Waals surface area contributed by atoms with Crippen LogP contribution in [0.3, 0.4) is 0 Å². The molecule has 0 saturated carbocycles. The number of allylic oxidation sites excluding steroid dienone is 2. The van der Waals surface area contributed by atoms with E-state index < -0.39 is 11.6 Å². The van der Waals surface area contributed by atoms with Crippen LogP contribution in [0.15, 0.2) is 42.5 Å². The maximum atomic E-state index is 12.4. The summed E-state index contributed by atoms with van der Waals surface area (Å²) in [5.41, 5.74) is 1.31. The van der Waals surface area contributed by atoms with Crippen molar-refractivity contribution in [1.29, 1.82) is 0 Å². The molecule has 0 radical (unpaired) electrons. The van der Waals surface area contributed by atoms with Crippen molar-refractivity contribution in [3.63, 3.8) is 0 Å². The van der Waals surface area contributed by atoms with E-state index in [1.165, 1.54) is 0 Å². The highest BCUT2D eigenvalue weighted by Gasteiger charge is 2.44. The van der Waals surface area contributed by atoms with Gasteiger partial charge >= 0.3 is 0 Å². The first-order chi connectivity index (χ1) is 9.95. The van der Waals surface area contributed by atoms with Crippen LogP contribution in [-0.4, -0.2) is 17.2 Å². The Hall–Kier alpha value is -2.16. The van der Waals surface area contributed by atoms with Gasteiger partial charge in [0.1, 0.15) is 11.4 Å². The quantitative estimate of drug-likeness (QED) is 0.615. The highest BCUT2D eigenvalue weighted by Crippen LogP contribution is 2.45. The lowest BCUT2D eigenvalue weighted by Gasteiger charge is -2.42. The molecule has 0 fully saturated rings. The number of hydrogen-bond donors (Lipinski definition) is 0. The van der Waals surface area contributed by atoms with Crippen LogP contribution in [0.2, 0.25) is 0 Å². The van der Waals surface area contributed by atoms with E-state index in [-0.39, 0.29) is 11.5 Å². The SMILES string of the molecule is C=CCC1CC2=C(OC1(C)C)c1ccccc1C(=O)C2=O. The van der Waals surface area contributed by atoms with Crippen molar-refractivity contribution in [2.45, 2.75) is 32.3 Å². The van der Waals surface area contributed by atoms with E-state index in [9.17, 15) is 9.59 Å². The van der Waals surface area contributed by atoms with Crippen LogP contribution in [0.4, 0.5) is 0 Å². The first-order valence-corrected chi connectivity index (χ1v) is 7.17. The van der Waals surface area contributed by atoms with Crippen LogP contribution >= 0.6 is 0 Å². The Labute approximate surface area is 124 Å². The van der Waals surface area contributed by atoms with Crippen molar-refractivity contribution in [3.05, 3.63) is 53.6 Å². The van der Waals surface area contributed by atoms with Gasteiger partial charge in [-0.1, -0.05) is 30.3 Å². The average molecular weight is 282 g/mol. The molecule has 1 aliphatic heterocycles. The Morgan fingerprint density at radius 3 is 2.57 bits per heavy atom. The smallest absolute Gasteiger partial charge is 0.234 e. The molecule has 3 heteroatoms. The summed E-state index contributed by atoms with van der Waals surface area (Å²) >= 11 is 0. The zero-order valence-corrected chi connectivity index (χ0v) is 12.3. The predicted molar refractivity (Wildman–Crippen MR) is 80.8 cm³/mol. The van der Waals surface area contributed by atoms with Gasteiger partial charge in [0.25, 0.3) is 0 Å². The second-order valence-electron chi connectivity index (χ2n) is 6.14. The predicted octanol–water partition coefficient (Wildman–Crippen LogP) is 3.55. The van der Waals surface area contributed by atoms with Gasteiger partial charge in [-0.25, -0.2) is 0 Å². The maximum Gasteiger partial charge on any atom is 0.234 e. The van der Waals surface area contributed by atoms with Crippen molar-refractivity contribution in [1.82, 2.24) is 0 Å². The third-order valence-electron chi connectivity index (χ3n) is 4.42. The number of carbonyl (C=O) groups excluding carboxylic acids is 2. The molecule has 108 valence electrons. The number of ketones is 2. The van der Waals surface area contributed by atoms with Crippen LogP contribution < -0.4 is 0 Å². The van der Waals surface area contributed by atoms with Crippen LogP contribution in [0.25, 0.3) is 5.76 Å². The molecule has 0 spiro atoms. The van der Waals surface area contributed by atoms with Crippen molar-refractivity contribution >= 4 is 17.3 Å². The van der Waals surface area contributed by atoms with Gasteiger partial charge in [-0.3, -0.25) is 9.59 Å². The number of benzene rings is 1. The molecule has 1 aromatic carbocycles. The Kier molecular flexibility index (Phi) is 3.08. The minimum Gasteiger partial charge on any atom is -0.486 e. The molecular weight excluding hydrogens is 264 g/mol. The molecule has 2 aliphatic rings. The van der Waals surface area contributed by atoms with Gasteiger partial charge < -0.3 is 4.74 Å². The van der Waals surface area contributed by atoms with E-state index in [0.29, 0.717) is 23.3 Å². The van der Waals surface area contributed by atoms with E-state index >= 15 is 0 Å². The van der Waals surface area contributed by atoms with Crippen molar-refractivity contribution in [2.24, 2.45) is 5.92 Å². The molecule has 0 N–H and O–H groups in total. The number of Topliss-reactive ketones (excluding diaryl/α,β-unsaturated/α-hetero) is 2. The standard InChI is InChI=1S/C18H18O3/c1-4-7-11-10-14-16(20)15(19)12-8-5-6-9-13(12)17(14)21-18(11,2)3/h4-6,8-9,11H,1,7,10H2,2-3H3. The summed E-state index contributed by atoms with van der Waals surface area (Å²) in [6, 6.07) is 7.16. The molecule has 21 heavy (non-hydrogen) atoms. The van der Waals surface area contributed by atoms with Crippen molar-refractivity contribution in [3.8, 4) is 0 Å². The molecular formula is C18H18O3. The number of rotatable bonds is 2. The fourth-order valence-electron chi connectivity index (χ4n) is 3.11. The second kappa shape index (κ2) is 4.69. The molecule has 1 heterocycles. The Morgan fingerprint density at radius 2 is 1.90 bits per heavy atom. The highest BCUT2D eigenvalue weighted by molar-refractivity contribution is 6.52. The van der Waals surface area contributed by atoms with Crippen molar-refractivity contribution < 1.29 is 14.3 Å². The molecule has 0 bridgehead atoms. The fraction of sp³-hybridized carbons (Fsp3) is 0.333. The summed E-state index contributed by atoms with van der Waals surface area (Å²) in [6.45, 7) is 7.82. The summed E-state index contributed by atoms with van der Waals surface area (Å²) in [5.74, 6) is -0.116. The minimum absolute atomic E-state index is 0.149. The highest BCUT2D eigenvalue weighted by atomic mass is 16.5. The summed E-state index contributed by atoms with van der Waals surface area (Å²) in [6.07, 6.45) is 3.16. The summed E-state index contributed by atoms with van der Waals surface area (Å²) in [5, 5.41) is 0. The summed E-state index contributed by atoms with van der Waals surface area (Å²) in [7, 11) is 0. The molecule has 1 aromatic rings. The largest absolute Gasteiger partial charge is 0.486 e. The molecule has 0 saturated heterocycles. The molecule has 0 amide bonds. The first kappa shape index (κ1) is 13.8. The lowest BCUT2D eigenvalue weighted by Crippen LogP contribution is -2.41. The minimum atomic E-state index is -0.426. The number of hydrogen-bond acceptors (Lipinski definition) is 3. The average Bonchev–Trinajstić information content (AvgIpc) is 2.46. The summed E-state index contributed by atoms with van der Waals surface area (Å²) in [4.78, 5) is 24.6. The number of fused-ring (bicyclic) bond motifs is 2. The molecule has 1 unspecified atom stereocenters. The Morgan fingerprint density at radius 1 is 1.24 bits per heavy atom. The van der Waals surface area contributed by atoms with Gasteiger partial charge in [-0.05, 0) is 26.7 Å². The fourth-order valence-corrected chi connectivity index (χ4v) is 3.11. The number of ether oxygens (including phenoxy) is 1. The second-order valence-corrected chi connectivity index (χ2v) is 6.14. The number of carbonyl (C=O) groups is 2. The van der Waals surface area contributed by atoms with Gasteiger partial charge in [0, 0.05) is 22.6 Å². The topological polar surface area (TPSA) is 43.4 Å². The molecule has 3 nitrogen and oxygen atoms in total. The van der Waals surface area contributed by atoms with E-state index in [0.717, 1.165) is 12.0 Å². The van der Waals surface area contributed by atoms with E-state index in [4.69, 9.17) is 4.74 Å². The van der Waals surface area contributed by atoms with Gasteiger partial charge in [0.05, 0.1) is 0 Å². The van der Waals surface area contributed by atoms with Crippen LogP contribution in [0.1, 0.15) is 42.6 Å². The summed E-state index contributed by atoms with van der Waals surface area (Å²) < 4.78 is 6.15. The van der Waals surface area contributed by atoms with Gasteiger partial charge in [0.2, 0.25) is 11.6 Å². The monoisotopic (exact) mass is 282 g/mol. The van der Waals surface area contributed by atoms with Crippen LogP contribution in [-0.2, 0) is 9.53 Å². The van der Waals surface area contributed by atoms with Gasteiger partial charge in [-0.2, -0.15) is 0 Å². The lowest BCUT2D eigenvalue weighted by molar-refractivity contribution is -0.113. The normalized spacial score (nSPS) is 23.2.